The Morgan fingerprint density at radius 2 is 1.91 bits per heavy atom. The molecule has 8 heteroatoms. The van der Waals surface area contributed by atoms with Crippen LogP contribution in [0.15, 0.2) is 47.4 Å². The first-order valence-electron chi connectivity index (χ1n) is 11.0. The van der Waals surface area contributed by atoms with Gasteiger partial charge in [0.1, 0.15) is 11.1 Å². The van der Waals surface area contributed by atoms with Gasteiger partial charge in [-0.15, -0.1) is 0 Å². The van der Waals surface area contributed by atoms with Gasteiger partial charge in [0.15, 0.2) is 11.5 Å². The van der Waals surface area contributed by atoms with Crippen LogP contribution in [-0.4, -0.2) is 59.8 Å². The van der Waals surface area contributed by atoms with Gasteiger partial charge in [-0.05, 0) is 50.2 Å². The number of likely N-dealkylation sites (tertiary alicyclic amines) is 1. The van der Waals surface area contributed by atoms with Crippen LogP contribution in [0, 0.1) is 0 Å². The van der Waals surface area contributed by atoms with E-state index in [1.807, 2.05) is 28.8 Å². The number of fused-ring (bicyclic) bond motifs is 2. The second-order valence-electron chi connectivity index (χ2n) is 8.11. The standard InChI is InChI=1S/C24H26N4O4/c29-14-10-25-18-8-7-16-21-23(18)32-20-6-2-1-5-19(20)28(21)15-17(22(16)30)24(31)26-9-13-27-11-3-4-12-27/h1-2,5-8,15,25,29H,3-4,9-14H2,(H,26,31). The Balaban J connectivity index is 1.56. The Labute approximate surface area is 185 Å². The van der Waals surface area contributed by atoms with Crippen molar-refractivity contribution >= 4 is 22.5 Å². The van der Waals surface area contributed by atoms with Gasteiger partial charge in [0.25, 0.3) is 5.91 Å². The highest BCUT2D eigenvalue weighted by Crippen LogP contribution is 2.43. The second-order valence-corrected chi connectivity index (χ2v) is 8.11. The van der Waals surface area contributed by atoms with E-state index >= 15 is 0 Å². The molecular formula is C24H26N4O4. The normalized spacial score (nSPS) is 14.8. The lowest BCUT2D eigenvalue weighted by atomic mass is 10.1. The molecule has 1 fully saturated rings. The number of hydrogen-bond donors (Lipinski definition) is 3. The lowest BCUT2D eigenvalue weighted by Crippen LogP contribution is -2.36. The molecule has 0 radical (unpaired) electrons. The first-order chi connectivity index (χ1) is 15.7. The maximum Gasteiger partial charge on any atom is 0.256 e. The maximum atomic E-state index is 13.3. The van der Waals surface area contributed by atoms with Crippen LogP contribution < -0.4 is 20.8 Å². The number of carbonyl (C=O) groups excluding carboxylic acids is 1. The second kappa shape index (κ2) is 8.64. The average Bonchev–Trinajstić information content (AvgIpc) is 3.33. The molecule has 3 heterocycles. The van der Waals surface area contributed by atoms with Crippen LogP contribution in [0.2, 0.25) is 0 Å². The van der Waals surface area contributed by atoms with Crippen LogP contribution in [0.1, 0.15) is 23.2 Å². The van der Waals surface area contributed by atoms with Gasteiger partial charge in [-0.3, -0.25) is 9.59 Å². The molecule has 2 aliphatic heterocycles. The first kappa shape index (κ1) is 20.5. The van der Waals surface area contributed by atoms with Gasteiger partial charge in [0.05, 0.1) is 23.4 Å². The summed E-state index contributed by atoms with van der Waals surface area (Å²) in [5.41, 5.74) is 1.82. The Kier molecular flexibility index (Phi) is 5.55. The molecule has 3 aromatic rings. The van der Waals surface area contributed by atoms with Crippen molar-refractivity contribution in [2.24, 2.45) is 0 Å². The van der Waals surface area contributed by atoms with Crippen LogP contribution >= 0.6 is 0 Å². The van der Waals surface area contributed by atoms with Crippen molar-refractivity contribution in [3.8, 4) is 17.2 Å². The van der Waals surface area contributed by atoms with Crippen molar-refractivity contribution in [1.82, 2.24) is 14.8 Å². The number of aromatic nitrogens is 1. The van der Waals surface area contributed by atoms with E-state index in [1.165, 1.54) is 12.8 Å². The Bertz CT molecular complexity index is 1230. The smallest absolute Gasteiger partial charge is 0.256 e. The molecule has 2 aromatic carbocycles. The molecule has 166 valence electrons. The summed E-state index contributed by atoms with van der Waals surface area (Å²) in [5.74, 6) is 0.768. The number of anilines is 1. The molecule has 1 aromatic heterocycles. The zero-order valence-corrected chi connectivity index (χ0v) is 17.8. The van der Waals surface area contributed by atoms with Gasteiger partial charge in [0.2, 0.25) is 5.43 Å². The summed E-state index contributed by atoms with van der Waals surface area (Å²) in [4.78, 5) is 28.5. The fraction of sp³-hybridized carbons (Fsp3) is 0.333. The van der Waals surface area contributed by atoms with E-state index in [0.29, 0.717) is 41.2 Å². The van der Waals surface area contributed by atoms with Gasteiger partial charge in [-0.1, -0.05) is 12.1 Å². The van der Waals surface area contributed by atoms with Gasteiger partial charge in [0, 0.05) is 25.8 Å². The maximum absolute atomic E-state index is 13.3. The Morgan fingerprint density at radius 1 is 1.09 bits per heavy atom. The van der Waals surface area contributed by atoms with Gasteiger partial charge in [-0.2, -0.15) is 0 Å². The van der Waals surface area contributed by atoms with E-state index in [9.17, 15) is 14.7 Å². The number of aliphatic hydroxyl groups excluding tert-OH is 1. The van der Waals surface area contributed by atoms with Gasteiger partial charge in [-0.25, -0.2) is 0 Å². The molecule has 0 aliphatic carbocycles. The number of carbonyl (C=O) groups is 1. The highest BCUT2D eigenvalue weighted by atomic mass is 16.5. The number of nitrogens with one attached hydrogen (secondary N) is 2. The number of hydrogen-bond acceptors (Lipinski definition) is 6. The van der Waals surface area contributed by atoms with E-state index in [2.05, 4.69) is 15.5 Å². The zero-order chi connectivity index (χ0) is 22.1. The van der Waals surface area contributed by atoms with E-state index in [0.717, 1.165) is 25.3 Å². The number of ether oxygens (including phenoxy) is 1. The third-order valence-electron chi connectivity index (χ3n) is 6.04. The topological polar surface area (TPSA) is 95.8 Å². The third-order valence-corrected chi connectivity index (χ3v) is 6.04. The summed E-state index contributed by atoms with van der Waals surface area (Å²) in [6.45, 7) is 3.73. The van der Waals surface area contributed by atoms with E-state index in [4.69, 9.17) is 4.74 Å². The summed E-state index contributed by atoms with van der Waals surface area (Å²) >= 11 is 0. The SMILES string of the molecule is O=C(NCCN1CCCC1)c1cn2c3c(c(NCCO)ccc3c1=O)Oc1ccccc1-2. The average molecular weight is 434 g/mol. The monoisotopic (exact) mass is 434 g/mol. The van der Waals surface area contributed by atoms with Crippen LogP contribution in [0.25, 0.3) is 16.6 Å². The fourth-order valence-electron chi connectivity index (χ4n) is 4.46. The molecule has 5 rings (SSSR count). The molecule has 0 bridgehead atoms. The molecule has 0 spiro atoms. The van der Waals surface area contributed by atoms with Gasteiger partial charge < -0.3 is 29.9 Å². The molecule has 0 unspecified atom stereocenters. The number of para-hydroxylation sites is 2. The van der Waals surface area contributed by atoms with Crippen LogP contribution in [-0.2, 0) is 0 Å². The lowest BCUT2D eigenvalue weighted by Gasteiger charge is -2.25. The number of aliphatic hydroxyl groups is 1. The van der Waals surface area contributed by atoms with Crippen molar-refractivity contribution in [2.75, 3.05) is 44.6 Å². The number of nitrogens with zero attached hydrogens (tertiary/aromatic N) is 2. The van der Waals surface area contributed by atoms with Gasteiger partial charge >= 0.3 is 0 Å². The van der Waals surface area contributed by atoms with E-state index in [-0.39, 0.29) is 23.5 Å². The number of benzene rings is 2. The zero-order valence-electron chi connectivity index (χ0n) is 17.8. The minimum Gasteiger partial charge on any atom is -0.451 e. The summed E-state index contributed by atoms with van der Waals surface area (Å²) in [5, 5.41) is 15.7. The Morgan fingerprint density at radius 3 is 2.72 bits per heavy atom. The lowest BCUT2D eigenvalue weighted by molar-refractivity contribution is 0.0948. The van der Waals surface area contributed by atoms with Crippen LogP contribution in [0.4, 0.5) is 5.69 Å². The summed E-state index contributed by atoms with van der Waals surface area (Å²) < 4.78 is 8.00. The van der Waals surface area contributed by atoms with Crippen molar-refractivity contribution in [2.45, 2.75) is 12.8 Å². The minimum absolute atomic E-state index is 0.0303. The van der Waals surface area contributed by atoms with E-state index in [1.54, 1.807) is 18.3 Å². The summed E-state index contributed by atoms with van der Waals surface area (Å²) in [6.07, 6.45) is 4.00. The van der Waals surface area contributed by atoms with Crippen LogP contribution in [0.3, 0.4) is 0 Å². The predicted octanol–water partition coefficient (Wildman–Crippen LogP) is 2.33. The van der Waals surface area contributed by atoms with Crippen molar-refractivity contribution in [1.29, 1.82) is 0 Å². The summed E-state index contributed by atoms with van der Waals surface area (Å²) in [6, 6.07) is 11.0. The molecule has 8 nitrogen and oxygen atoms in total. The number of pyridine rings is 1. The molecule has 3 N–H and O–H groups in total. The number of rotatable bonds is 7. The highest BCUT2D eigenvalue weighted by molar-refractivity contribution is 6.01. The molecular weight excluding hydrogens is 408 g/mol. The molecule has 1 saturated heterocycles. The predicted molar refractivity (Wildman–Crippen MR) is 123 cm³/mol. The van der Waals surface area contributed by atoms with Crippen LogP contribution in [0.5, 0.6) is 11.5 Å². The minimum atomic E-state index is -0.368. The van der Waals surface area contributed by atoms with E-state index < -0.39 is 0 Å². The first-order valence-corrected chi connectivity index (χ1v) is 11.0. The van der Waals surface area contributed by atoms with Crippen molar-refractivity contribution in [3.05, 3.63) is 58.4 Å². The molecule has 0 atom stereocenters. The third kappa shape index (κ3) is 3.61. The highest BCUT2D eigenvalue weighted by Gasteiger charge is 2.26. The number of amides is 1. The van der Waals surface area contributed by atoms with Crippen molar-refractivity contribution < 1.29 is 14.6 Å². The molecule has 1 amide bonds. The fourth-order valence-corrected chi connectivity index (χ4v) is 4.46. The Hall–Kier alpha value is -3.36. The van der Waals surface area contributed by atoms with Crippen molar-refractivity contribution in [3.63, 3.8) is 0 Å². The molecule has 0 saturated carbocycles. The largest absolute Gasteiger partial charge is 0.451 e. The summed E-state index contributed by atoms with van der Waals surface area (Å²) in [7, 11) is 0. The molecule has 32 heavy (non-hydrogen) atoms. The quantitative estimate of drug-likeness (QED) is 0.413. The molecule has 2 aliphatic rings.